The molecule has 4 aromatic rings. The normalized spacial score (nSPS) is 10.9. The Morgan fingerprint density at radius 3 is 2.50 bits per heavy atom. The summed E-state index contributed by atoms with van der Waals surface area (Å²) >= 11 is 1.15. The molecule has 0 fully saturated rings. The van der Waals surface area contributed by atoms with Crippen molar-refractivity contribution in [3.8, 4) is 17.2 Å². The molecule has 0 aliphatic rings. The monoisotopic (exact) mass is 391 g/mol. The SMILES string of the molecule is O=C(CSc1nnc(-c2cc3ccccc3cc2O)o1)NCc1ccccc1. The van der Waals surface area contributed by atoms with Gasteiger partial charge in [-0.3, -0.25) is 4.79 Å². The Morgan fingerprint density at radius 2 is 1.71 bits per heavy atom. The lowest BCUT2D eigenvalue weighted by Gasteiger charge is -2.04. The molecular weight excluding hydrogens is 374 g/mol. The van der Waals surface area contributed by atoms with E-state index < -0.39 is 0 Å². The standard InChI is InChI=1S/C21H17N3O3S/c25-18-11-16-9-5-4-8-15(16)10-17(18)20-23-24-21(27-20)28-13-19(26)22-12-14-6-2-1-3-7-14/h1-11,25H,12-13H2,(H,22,26). The van der Waals surface area contributed by atoms with Crippen LogP contribution in [0.4, 0.5) is 0 Å². The molecule has 0 spiro atoms. The Kier molecular flexibility index (Phi) is 5.25. The summed E-state index contributed by atoms with van der Waals surface area (Å²) in [5.74, 6) is 0.329. The van der Waals surface area contributed by atoms with Crippen molar-refractivity contribution in [2.45, 2.75) is 11.8 Å². The fraction of sp³-hybridized carbons (Fsp3) is 0.0952. The molecule has 0 saturated carbocycles. The van der Waals surface area contributed by atoms with E-state index in [-0.39, 0.29) is 28.5 Å². The summed E-state index contributed by atoms with van der Waals surface area (Å²) in [5.41, 5.74) is 1.50. The quantitative estimate of drug-likeness (QED) is 0.483. The summed E-state index contributed by atoms with van der Waals surface area (Å²) in [5, 5.41) is 23.2. The van der Waals surface area contributed by atoms with Crippen molar-refractivity contribution in [2.24, 2.45) is 0 Å². The first kappa shape index (κ1) is 18.1. The molecule has 0 atom stereocenters. The Labute approximate surface area is 165 Å². The van der Waals surface area contributed by atoms with Crippen LogP contribution < -0.4 is 5.32 Å². The van der Waals surface area contributed by atoms with Crippen molar-refractivity contribution in [3.05, 3.63) is 72.3 Å². The van der Waals surface area contributed by atoms with E-state index in [1.807, 2.05) is 54.6 Å². The van der Waals surface area contributed by atoms with Gasteiger partial charge in [-0.2, -0.15) is 0 Å². The van der Waals surface area contributed by atoms with E-state index in [0.29, 0.717) is 12.1 Å². The zero-order valence-electron chi connectivity index (χ0n) is 14.8. The first-order chi connectivity index (χ1) is 13.7. The van der Waals surface area contributed by atoms with Gasteiger partial charge in [-0.25, -0.2) is 0 Å². The van der Waals surface area contributed by atoms with Crippen molar-refractivity contribution in [3.63, 3.8) is 0 Å². The lowest BCUT2D eigenvalue weighted by Crippen LogP contribution is -2.24. The third-order valence-electron chi connectivity index (χ3n) is 4.16. The van der Waals surface area contributed by atoms with Gasteiger partial charge in [0.05, 0.1) is 11.3 Å². The number of hydrogen-bond donors (Lipinski definition) is 2. The third kappa shape index (κ3) is 4.15. The number of rotatable bonds is 6. The van der Waals surface area contributed by atoms with Crippen molar-refractivity contribution in [2.75, 3.05) is 5.75 Å². The van der Waals surface area contributed by atoms with Crippen LogP contribution in [0.15, 0.2) is 76.4 Å². The highest BCUT2D eigenvalue weighted by molar-refractivity contribution is 7.99. The maximum absolute atomic E-state index is 12.0. The van der Waals surface area contributed by atoms with Crippen molar-refractivity contribution >= 4 is 28.4 Å². The van der Waals surface area contributed by atoms with Crippen LogP contribution in [-0.2, 0) is 11.3 Å². The number of nitrogens with one attached hydrogen (secondary N) is 1. The summed E-state index contributed by atoms with van der Waals surface area (Å²) in [6, 6.07) is 20.9. The Bertz CT molecular complexity index is 1110. The number of phenols is 1. The first-order valence-corrected chi connectivity index (χ1v) is 9.66. The van der Waals surface area contributed by atoms with Crippen LogP contribution in [-0.4, -0.2) is 27.0 Å². The van der Waals surface area contributed by atoms with Gasteiger partial charge in [-0.05, 0) is 28.5 Å². The number of thioether (sulfide) groups is 1. The molecule has 1 amide bonds. The number of phenolic OH excluding ortho intramolecular Hbond substituents is 1. The van der Waals surface area contributed by atoms with Crippen molar-refractivity contribution in [1.29, 1.82) is 0 Å². The highest BCUT2D eigenvalue weighted by Gasteiger charge is 2.15. The summed E-state index contributed by atoms with van der Waals surface area (Å²) in [6.07, 6.45) is 0. The lowest BCUT2D eigenvalue weighted by molar-refractivity contribution is -0.118. The highest BCUT2D eigenvalue weighted by Crippen LogP contribution is 2.33. The second-order valence-corrected chi connectivity index (χ2v) is 7.07. The molecule has 6 nitrogen and oxygen atoms in total. The van der Waals surface area contributed by atoms with Gasteiger partial charge >= 0.3 is 0 Å². The molecule has 0 aliphatic carbocycles. The van der Waals surface area contributed by atoms with Crippen LogP contribution in [0.1, 0.15) is 5.56 Å². The van der Waals surface area contributed by atoms with E-state index in [1.165, 1.54) is 0 Å². The number of amides is 1. The zero-order valence-corrected chi connectivity index (χ0v) is 15.6. The lowest BCUT2D eigenvalue weighted by atomic mass is 10.1. The van der Waals surface area contributed by atoms with Crippen LogP contribution in [0.25, 0.3) is 22.2 Å². The van der Waals surface area contributed by atoms with E-state index in [0.717, 1.165) is 28.1 Å². The molecule has 2 N–H and O–H groups in total. The van der Waals surface area contributed by atoms with Gasteiger partial charge in [0, 0.05) is 6.54 Å². The first-order valence-electron chi connectivity index (χ1n) is 8.68. The van der Waals surface area contributed by atoms with Crippen LogP contribution in [0.2, 0.25) is 0 Å². The summed E-state index contributed by atoms with van der Waals surface area (Å²) in [7, 11) is 0. The van der Waals surface area contributed by atoms with Crippen molar-refractivity contribution < 1.29 is 14.3 Å². The van der Waals surface area contributed by atoms with Gasteiger partial charge in [-0.15, -0.1) is 10.2 Å². The summed E-state index contributed by atoms with van der Waals surface area (Å²) in [6.45, 7) is 0.472. The van der Waals surface area contributed by atoms with E-state index in [1.54, 1.807) is 12.1 Å². The van der Waals surface area contributed by atoms with Gasteiger partial charge in [0.25, 0.3) is 11.1 Å². The highest BCUT2D eigenvalue weighted by atomic mass is 32.2. The number of aromatic hydroxyl groups is 1. The van der Waals surface area contributed by atoms with Gasteiger partial charge in [0.2, 0.25) is 5.91 Å². The average molecular weight is 391 g/mol. The minimum absolute atomic E-state index is 0.0690. The number of nitrogens with zero attached hydrogens (tertiary/aromatic N) is 2. The Hall–Kier alpha value is -3.32. The molecule has 0 radical (unpaired) electrons. The number of aromatic nitrogens is 2. The predicted molar refractivity (Wildman–Crippen MR) is 108 cm³/mol. The summed E-state index contributed by atoms with van der Waals surface area (Å²) < 4.78 is 5.61. The van der Waals surface area contributed by atoms with E-state index in [2.05, 4.69) is 15.5 Å². The minimum atomic E-state index is -0.123. The maximum atomic E-state index is 12.0. The van der Waals surface area contributed by atoms with Gasteiger partial charge < -0.3 is 14.8 Å². The average Bonchev–Trinajstić information content (AvgIpc) is 3.20. The number of fused-ring (bicyclic) bond motifs is 1. The van der Waals surface area contributed by atoms with Crippen molar-refractivity contribution in [1.82, 2.24) is 15.5 Å². The molecule has 7 heteroatoms. The van der Waals surface area contributed by atoms with Crippen LogP contribution in [0.5, 0.6) is 5.75 Å². The number of carbonyl (C=O) groups is 1. The molecule has 28 heavy (non-hydrogen) atoms. The van der Waals surface area contributed by atoms with Crippen LogP contribution in [0.3, 0.4) is 0 Å². The second-order valence-electron chi connectivity index (χ2n) is 6.14. The van der Waals surface area contributed by atoms with Crippen LogP contribution >= 0.6 is 11.8 Å². The van der Waals surface area contributed by atoms with E-state index in [9.17, 15) is 9.90 Å². The fourth-order valence-corrected chi connectivity index (χ4v) is 3.34. The Balaban J connectivity index is 1.39. The van der Waals surface area contributed by atoms with E-state index >= 15 is 0 Å². The zero-order chi connectivity index (χ0) is 19.3. The molecule has 0 saturated heterocycles. The molecule has 1 aromatic heterocycles. The molecule has 0 bridgehead atoms. The summed E-state index contributed by atoms with van der Waals surface area (Å²) in [4.78, 5) is 12.0. The van der Waals surface area contributed by atoms with Crippen LogP contribution in [0, 0.1) is 0 Å². The van der Waals surface area contributed by atoms with Gasteiger partial charge in [-0.1, -0.05) is 66.4 Å². The number of benzene rings is 3. The topological polar surface area (TPSA) is 88.2 Å². The molecule has 4 rings (SSSR count). The number of hydrogen-bond acceptors (Lipinski definition) is 6. The molecule has 1 heterocycles. The third-order valence-corrected chi connectivity index (χ3v) is 4.98. The molecular formula is C21H17N3O3S. The molecule has 0 aliphatic heterocycles. The maximum Gasteiger partial charge on any atom is 0.277 e. The number of carbonyl (C=O) groups excluding carboxylic acids is 1. The predicted octanol–water partition coefficient (Wildman–Crippen LogP) is 4.00. The largest absolute Gasteiger partial charge is 0.507 e. The smallest absolute Gasteiger partial charge is 0.277 e. The molecule has 0 unspecified atom stereocenters. The van der Waals surface area contributed by atoms with Gasteiger partial charge in [0.1, 0.15) is 5.75 Å². The van der Waals surface area contributed by atoms with Gasteiger partial charge in [0.15, 0.2) is 0 Å². The van der Waals surface area contributed by atoms with E-state index in [4.69, 9.17) is 4.42 Å². The molecule has 140 valence electrons. The fourth-order valence-electron chi connectivity index (χ4n) is 2.75. The Morgan fingerprint density at radius 1 is 1.00 bits per heavy atom. The second kappa shape index (κ2) is 8.14. The molecule has 3 aromatic carbocycles. The minimum Gasteiger partial charge on any atom is -0.507 e.